The highest BCUT2D eigenvalue weighted by atomic mass is 16.6. The Hall–Kier alpha value is -3.67. The topological polar surface area (TPSA) is 78.9 Å². The molecule has 1 atom stereocenters. The van der Waals surface area contributed by atoms with E-state index in [-0.39, 0.29) is 31.1 Å². The predicted octanol–water partition coefficient (Wildman–Crippen LogP) is 22.4. The molecular formula is C71H122O6. The van der Waals surface area contributed by atoms with Gasteiger partial charge in [0, 0.05) is 19.3 Å². The molecule has 0 spiro atoms. The Morgan fingerprint density at radius 1 is 0.273 bits per heavy atom. The van der Waals surface area contributed by atoms with Crippen molar-refractivity contribution in [2.24, 2.45) is 0 Å². The number of unbranched alkanes of at least 4 members (excludes halogenated alkanes) is 32. The molecule has 0 aliphatic heterocycles. The molecule has 0 amide bonds. The lowest BCUT2D eigenvalue weighted by Gasteiger charge is -2.18. The highest BCUT2D eigenvalue weighted by Crippen LogP contribution is 2.16. The number of carbonyl (C=O) groups excluding carboxylic acids is 3. The number of rotatable bonds is 59. The molecule has 0 aromatic rings. The maximum atomic E-state index is 12.9. The molecule has 0 aromatic carbocycles. The summed E-state index contributed by atoms with van der Waals surface area (Å²) in [5.74, 6) is -0.896. The Morgan fingerprint density at radius 3 is 0.831 bits per heavy atom. The summed E-state index contributed by atoms with van der Waals surface area (Å²) >= 11 is 0. The van der Waals surface area contributed by atoms with Crippen molar-refractivity contribution in [1.29, 1.82) is 0 Å². The minimum Gasteiger partial charge on any atom is -0.462 e. The number of hydrogen-bond donors (Lipinski definition) is 0. The summed E-state index contributed by atoms with van der Waals surface area (Å²) in [5, 5.41) is 0. The lowest BCUT2D eigenvalue weighted by Crippen LogP contribution is -2.30. The normalized spacial score (nSPS) is 12.7. The molecule has 442 valence electrons. The van der Waals surface area contributed by atoms with Gasteiger partial charge in [0.05, 0.1) is 0 Å². The predicted molar refractivity (Wildman–Crippen MR) is 334 cm³/mol. The molecule has 6 nitrogen and oxygen atoms in total. The Morgan fingerprint density at radius 2 is 0.519 bits per heavy atom. The van der Waals surface area contributed by atoms with Crippen molar-refractivity contribution in [3.8, 4) is 0 Å². The zero-order valence-corrected chi connectivity index (χ0v) is 50.7. The largest absolute Gasteiger partial charge is 0.462 e. The van der Waals surface area contributed by atoms with Crippen LogP contribution in [0.5, 0.6) is 0 Å². The molecule has 0 aliphatic carbocycles. The van der Waals surface area contributed by atoms with E-state index in [0.29, 0.717) is 19.3 Å². The molecular weight excluding hydrogens is 949 g/mol. The quantitative estimate of drug-likeness (QED) is 0.0261. The van der Waals surface area contributed by atoms with Gasteiger partial charge in [-0.2, -0.15) is 0 Å². The fourth-order valence-electron chi connectivity index (χ4n) is 9.13. The first-order valence-corrected chi connectivity index (χ1v) is 32.7. The van der Waals surface area contributed by atoms with Crippen LogP contribution in [0.3, 0.4) is 0 Å². The third-order valence-corrected chi connectivity index (χ3v) is 14.0. The van der Waals surface area contributed by atoms with E-state index in [4.69, 9.17) is 14.2 Å². The van der Waals surface area contributed by atoms with Crippen LogP contribution in [0.1, 0.15) is 316 Å². The molecule has 0 saturated heterocycles. The number of hydrogen-bond acceptors (Lipinski definition) is 6. The van der Waals surface area contributed by atoms with Crippen LogP contribution in [0.15, 0.2) is 97.2 Å². The van der Waals surface area contributed by atoms with Crippen molar-refractivity contribution < 1.29 is 28.6 Å². The van der Waals surface area contributed by atoms with Crippen LogP contribution >= 0.6 is 0 Å². The van der Waals surface area contributed by atoms with E-state index in [1.165, 1.54) is 161 Å². The van der Waals surface area contributed by atoms with Gasteiger partial charge < -0.3 is 14.2 Å². The van der Waals surface area contributed by atoms with Gasteiger partial charge in [-0.15, -0.1) is 0 Å². The Bertz CT molecular complexity index is 1510. The monoisotopic (exact) mass is 1070 g/mol. The smallest absolute Gasteiger partial charge is 0.306 e. The number of allylic oxidation sites excluding steroid dienone is 16. The number of esters is 3. The average Bonchev–Trinajstić information content (AvgIpc) is 3.43. The third-order valence-electron chi connectivity index (χ3n) is 14.0. The summed E-state index contributed by atoms with van der Waals surface area (Å²) in [6, 6.07) is 0. The van der Waals surface area contributed by atoms with Crippen molar-refractivity contribution in [1.82, 2.24) is 0 Å². The average molecular weight is 1070 g/mol. The molecule has 0 N–H and O–H groups in total. The van der Waals surface area contributed by atoms with Gasteiger partial charge in [-0.3, -0.25) is 14.4 Å². The first-order valence-electron chi connectivity index (χ1n) is 32.7. The lowest BCUT2D eigenvalue weighted by molar-refractivity contribution is -0.167. The third kappa shape index (κ3) is 63.0. The minimum absolute atomic E-state index is 0.0842. The van der Waals surface area contributed by atoms with Crippen LogP contribution in [-0.4, -0.2) is 37.2 Å². The molecule has 1 unspecified atom stereocenters. The Balaban J connectivity index is 4.30. The van der Waals surface area contributed by atoms with E-state index in [9.17, 15) is 14.4 Å². The molecule has 0 rings (SSSR count). The van der Waals surface area contributed by atoms with E-state index in [2.05, 4.69) is 118 Å². The number of carbonyl (C=O) groups is 3. The fourth-order valence-corrected chi connectivity index (χ4v) is 9.13. The molecule has 0 aromatic heterocycles. The lowest BCUT2D eigenvalue weighted by atomic mass is 10.0. The van der Waals surface area contributed by atoms with Crippen molar-refractivity contribution >= 4 is 17.9 Å². The maximum absolute atomic E-state index is 12.9. The van der Waals surface area contributed by atoms with Crippen molar-refractivity contribution in [2.45, 2.75) is 322 Å². The Labute approximate surface area is 477 Å². The van der Waals surface area contributed by atoms with Gasteiger partial charge in [-0.1, -0.05) is 279 Å². The zero-order chi connectivity index (χ0) is 55.7. The second-order valence-electron chi connectivity index (χ2n) is 21.6. The van der Waals surface area contributed by atoms with Crippen LogP contribution in [0, 0.1) is 0 Å². The molecule has 0 saturated carbocycles. The standard InChI is InChI=1S/C71H122O6/c1-4-7-10-13-16-19-22-25-28-30-32-33-34-35-36-37-38-39-40-42-43-46-49-52-55-58-61-64-70(73)76-67-68(66-75-69(72)63-60-57-54-51-48-45-27-24-21-18-15-12-9-6-3)77-71(74)65-62-59-56-53-50-47-44-41-31-29-26-23-20-17-14-11-8-5-2/h7,10,15-16,18-20,23-25,27-29,31-33,68H,4-6,8-9,11-14,17,21-22,26,30,34-67H2,1-3H3/b10-7-,18-15-,19-16-,23-20-,27-24-,28-25-,31-29-,33-32-. The summed E-state index contributed by atoms with van der Waals surface area (Å²) in [6.07, 6.45) is 87.0. The second kappa shape index (κ2) is 64.9. The van der Waals surface area contributed by atoms with Crippen molar-refractivity contribution in [2.75, 3.05) is 13.2 Å². The van der Waals surface area contributed by atoms with Gasteiger partial charge in [0.1, 0.15) is 13.2 Å². The van der Waals surface area contributed by atoms with Gasteiger partial charge in [0.15, 0.2) is 6.10 Å². The minimum atomic E-state index is -0.789. The molecule has 0 bridgehead atoms. The van der Waals surface area contributed by atoms with E-state index in [0.717, 1.165) is 116 Å². The molecule has 0 radical (unpaired) electrons. The van der Waals surface area contributed by atoms with Crippen LogP contribution in [0.25, 0.3) is 0 Å². The zero-order valence-electron chi connectivity index (χ0n) is 50.7. The SMILES string of the molecule is CC/C=C\C/C=C\C/C=C\C/C=C\CCCCCCCCCCCCCCCCC(=O)OCC(COC(=O)CCCCCCC/C=C\C/C=C\CCCC)OC(=O)CCCCCCCCC/C=C\C/C=C\CCCCCC. The number of ether oxygens (including phenoxy) is 3. The first kappa shape index (κ1) is 73.3. The highest BCUT2D eigenvalue weighted by Gasteiger charge is 2.19. The fraction of sp³-hybridized carbons (Fsp3) is 0.732. The van der Waals surface area contributed by atoms with E-state index in [1.807, 2.05) is 0 Å². The van der Waals surface area contributed by atoms with Gasteiger partial charge in [0.2, 0.25) is 0 Å². The van der Waals surface area contributed by atoms with Crippen LogP contribution in [0.2, 0.25) is 0 Å². The van der Waals surface area contributed by atoms with E-state index >= 15 is 0 Å². The van der Waals surface area contributed by atoms with E-state index < -0.39 is 6.10 Å². The van der Waals surface area contributed by atoms with Crippen LogP contribution in [0.4, 0.5) is 0 Å². The first-order chi connectivity index (χ1) is 38.0. The highest BCUT2D eigenvalue weighted by molar-refractivity contribution is 5.71. The summed E-state index contributed by atoms with van der Waals surface area (Å²) in [7, 11) is 0. The van der Waals surface area contributed by atoms with Crippen LogP contribution < -0.4 is 0 Å². The summed E-state index contributed by atoms with van der Waals surface area (Å²) in [5.41, 5.74) is 0. The van der Waals surface area contributed by atoms with Crippen molar-refractivity contribution in [3.63, 3.8) is 0 Å². The van der Waals surface area contributed by atoms with Gasteiger partial charge in [-0.25, -0.2) is 0 Å². The summed E-state index contributed by atoms with van der Waals surface area (Å²) in [6.45, 7) is 6.48. The maximum Gasteiger partial charge on any atom is 0.306 e. The van der Waals surface area contributed by atoms with Crippen molar-refractivity contribution in [3.05, 3.63) is 97.2 Å². The molecule has 77 heavy (non-hydrogen) atoms. The molecule has 0 heterocycles. The van der Waals surface area contributed by atoms with Gasteiger partial charge >= 0.3 is 17.9 Å². The van der Waals surface area contributed by atoms with Crippen LogP contribution in [-0.2, 0) is 28.6 Å². The second-order valence-corrected chi connectivity index (χ2v) is 21.6. The summed E-state index contributed by atoms with van der Waals surface area (Å²) in [4.78, 5) is 38.3. The van der Waals surface area contributed by atoms with Gasteiger partial charge in [0.25, 0.3) is 0 Å². The molecule has 0 fully saturated rings. The summed E-state index contributed by atoms with van der Waals surface area (Å²) < 4.78 is 16.9. The Kier molecular flexibility index (Phi) is 61.8. The molecule has 6 heteroatoms. The molecule has 0 aliphatic rings. The van der Waals surface area contributed by atoms with E-state index in [1.54, 1.807) is 0 Å². The van der Waals surface area contributed by atoms with Gasteiger partial charge in [-0.05, 0) is 116 Å².